The molecule has 1 aromatic carbocycles. The molecule has 6 heteroatoms. The third-order valence-electron chi connectivity index (χ3n) is 3.22. The molecule has 2 aromatic rings. The van der Waals surface area contributed by atoms with Gasteiger partial charge in [0.2, 0.25) is 5.13 Å². The van der Waals surface area contributed by atoms with Crippen molar-refractivity contribution >= 4 is 22.4 Å². The van der Waals surface area contributed by atoms with Crippen LogP contribution in [0.3, 0.4) is 0 Å². The zero-order valence-corrected chi connectivity index (χ0v) is 12.8. The minimum atomic E-state index is -0.486. The van der Waals surface area contributed by atoms with Crippen molar-refractivity contribution in [2.45, 2.75) is 32.8 Å². The van der Waals surface area contributed by atoms with E-state index in [1.165, 1.54) is 11.3 Å². The Labute approximate surface area is 127 Å². The van der Waals surface area contributed by atoms with Crippen LogP contribution in [0.2, 0.25) is 0 Å². The van der Waals surface area contributed by atoms with E-state index in [1.807, 2.05) is 24.3 Å². The van der Waals surface area contributed by atoms with E-state index in [-0.39, 0.29) is 5.91 Å². The summed E-state index contributed by atoms with van der Waals surface area (Å²) < 4.78 is 5.66. The standard InChI is InChI=1S/C15H17N3O2S/c1-9(2)7-13-17-18-15(21-13)16-14(19)12-8-10-5-3-4-6-11(10)20-12/h3-6,9,12H,7-8H2,1-2H3,(H,16,18,19). The van der Waals surface area contributed by atoms with Gasteiger partial charge in [0.25, 0.3) is 5.91 Å². The fourth-order valence-electron chi connectivity index (χ4n) is 2.25. The maximum atomic E-state index is 12.2. The number of para-hydroxylation sites is 1. The minimum Gasteiger partial charge on any atom is -0.480 e. The number of hydrogen-bond donors (Lipinski definition) is 1. The lowest BCUT2D eigenvalue weighted by Gasteiger charge is -2.08. The molecular weight excluding hydrogens is 286 g/mol. The van der Waals surface area contributed by atoms with Crippen molar-refractivity contribution in [3.63, 3.8) is 0 Å². The van der Waals surface area contributed by atoms with Crippen molar-refractivity contribution in [2.24, 2.45) is 5.92 Å². The van der Waals surface area contributed by atoms with Gasteiger partial charge in [-0.3, -0.25) is 10.1 Å². The van der Waals surface area contributed by atoms with Crippen molar-refractivity contribution in [1.29, 1.82) is 0 Å². The number of amides is 1. The van der Waals surface area contributed by atoms with E-state index >= 15 is 0 Å². The number of fused-ring (bicyclic) bond motifs is 1. The molecule has 5 nitrogen and oxygen atoms in total. The number of anilines is 1. The summed E-state index contributed by atoms with van der Waals surface area (Å²) in [5, 5.41) is 12.4. The van der Waals surface area contributed by atoms with Crippen molar-refractivity contribution in [3.05, 3.63) is 34.8 Å². The number of carbonyl (C=O) groups is 1. The van der Waals surface area contributed by atoms with Gasteiger partial charge in [-0.05, 0) is 17.5 Å². The van der Waals surface area contributed by atoms with E-state index in [0.29, 0.717) is 17.5 Å². The van der Waals surface area contributed by atoms with E-state index in [2.05, 4.69) is 29.4 Å². The van der Waals surface area contributed by atoms with Gasteiger partial charge in [-0.25, -0.2) is 0 Å². The second kappa shape index (κ2) is 5.81. The summed E-state index contributed by atoms with van der Waals surface area (Å²) in [6.07, 6.45) is 0.985. The van der Waals surface area contributed by atoms with E-state index in [4.69, 9.17) is 4.74 Å². The highest BCUT2D eigenvalue weighted by Crippen LogP contribution is 2.29. The first-order chi connectivity index (χ1) is 10.1. The van der Waals surface area contributed by atoms with Crippen LogP contribution < -0.4 is 10.1 Å². The first-order valence-corrected chi connectivity index (χ1v) is 7.81. The minimum absolute atomic E-state index is 0.168. The summed E-state index contributed by atoms with van der Waals surface area (Å²) in [7, 11) is 0. The molecule has 0 saturated heterocycles. The third-order valence-corrected chi connectivity index (χ3v) is 4.08. The largest absolute Gasteiger partial charge is 0.480 e. The predicted molar refractivity (Wildman–Crippen MR) is 81.6 cm³/mol. The van der Waals surface area contributed by atoms with Crippen LogP contribution in [0.4, 0.5) is 5.13 Å². The fourth-order valence-corrected chi connectivity index (χ4v) is 3.20. The Morgan fingerprint density at radius 2 is 2.24 bits per heavy atom. The number of carbonyl (C=O) groups excluding carboxylic acids is 1. The Morgan fingerprint density at radius 1 is 1.43 bits per heavy atom. The Hall–Kier alpha value is -1.95. The van der Waals surface area contributed by atoms with E-state index < -0.39 is 6.10 Å². The monoisotopic (exact) mass is 303 g/mol. The SMILES string of the molecule is CC(C)Cc1nnc(NC(=O)C2Cc3ccccc3O2)s1. The zero-order chi connectivity index (χ0) is 14.8. The maximum Gasteiger partial charge on any atom is 0.267 e. The van der Waals surface area contributed by atoms with Gasteiger partial charge < -0.3 is 4.74 Å². The van der Waals surface area contributed by atoms with Crippen LogP contribution in [0.1, 0.15) is 24.4 Å². The Morgan fingerprint density at radius 3 is 3.00 bits per heavy atom. The lowest BCUT2D eigenvalue weighted by molar-refractivity contribution is -0.122. The van der Waals surface area contributed by atoms with Gasteiger partial charge in [0.15, 0.2) is 6.10 Å². The number of nitrogens with zero attached hydrogens (tertiary/aromatic N) is 2. The lowest BCUT2D eigenvalue weighted by atomic mass is 10.1. The molecule has 1 atom stereocenters. The Balaban J connectivity index is 1.61. The average Bonchev–Trinajstić information content (AvgIpc) is 3.04. The van der Waals surface area contributed by atoms with Crippen LogP contribution in [0.15, 0.2) is 24.3 Å². The number of nitrogens with one attached hydrogen (secondary N) is 1. The van der Waals surface area contributed by atoms with Gasteiger partial charge in [-0.15, -0.1) is 10.2 Å². The number of benzene rings is 1. The van der Waals surface area contributed by atoms with Gasteiger partial charge in [0.05, 0.1) is 0 Å². The highest BCUT2D eigenvalue weighted by atomic mass is 32.1. The van der Waals surface area contributed by atoms with Crippen molar-refractivity contribution < 1.29 is 9.53 Å². The molecule has 0 spiro atoms. The van der Waals surface area contributed by atoms with Crippen LogP contribution in [0.5, 0.6) is 5.75 Å². The normalized spacial score (nSPS) is 16.6. The Kier molecular flexibility index (Phi) is 3.88. The topological polar surface area (TPSA) is 64.1 Å². The molecule has 1 N–H and O–H groups in total. The van der Waals surface area contributed by atoms with Crippen LogP contribution in [-0.4, -0.2) is 22.2 Å². The highest BCUT2D eigenvalue weighted by Gasteiger charge is 2.29. The molecule has 3 rings (SSSR count). The van der Waals surface area contributed by atoms with Crippen molar-refractivity contribution in [3.8, 4) is 5.75 Å². The van der Waals surface area contributed by atoms with Crippen LogP contribution in [0.25, 0.3) is 0 Å². The third kappa shape index (κ3) is 3.21. The fraction of sp³-hybridized carbons (Fsp3) is 0.400. The van der Waals surface area contributed by atoms with E-state index in [0.717, 1.165) is 22.7 Å². The molecule has 1 amide bonds. The molecule has 21 heavy (non-hydrogen) atoms. The molecular formula is C15H17N3O2S. The maximum absolute atomic E-state index is 12.2. The smallest absolute Gasteiger partial charge is 0.267 e. The van der Waals surface area contributed by atoms with Gasteiger partial charge in [-0.2, -0.15) is 0 Å². The van der Waals surface area contributed by atoms with Crippen molar-refractivity contribution in [2.75, 3.05) is 5.32 Å². The summed E-state index contributed by atoms with van der Waals surface area (Å²) in [6.45, 7) is 4.26. The summed E-state index contributed by atoms with van der Waals surface area (Å²) in [6, 6.07) is 7.72. The van der Waals surface area contributed by atoms with Gasteiger partial charge in [0, 0.05) is 12.8 Å². The van der Waals surface area contributed by atoms with Gasteiger partial charge in [-0.1, -0.05) is 43.4 Å². The molecule has 0 fully saturated rings. The first-order valence-electron chi connectivity index (χ1n) is 6.99. The quantitative estimate of drug-likeness (QED) is 0.943. The van der Waals surface area contributed by atoms with E-state index in [1.54, 1.807) is 0 Å². The molecule has 1 aliphatic rings. The summed E-state index contributed by atoms with van der Waals surface area (Å²) in [4.78, 5) is 12.2. The lowest BCUT2D eigenvalue weighted by Crippen LogP contribution is -2.31. The summed E-state index contributed by atoms with van der Waals surface area (Å²) >= 11 is 1.42. The summed E-state index contributed by atoms with van der Waals surface area (Å²) in [5.41, 5.74) is 1.07. The molecule has 110 valence electrons. The van der Waals surface area contributed by atoms with Crippen LogP contribution in [-0.2, 0) is 17.6 Å². The molecule has 1 aromatic heterocycles. The molecule has 1 unspecified atom stereocenters. The molecule has 0 aliphatic carbocycles. The first kappa shape index (κ1) is 14.0. The van der Waals surface area contributed by atoms with Gasteiger partial charge in [0.1, 0.15) is 10.8 Å². The van der Waals surface area contributed by atoms with Gasteiger partial charge >= 0.3 is 0 Å². The molecule has 0 radical (unpaired) electrons. The number of rotatable bonds is 4. The predicted octanol–water partition coefficient (Wildman–Crippen LogP) is 2.68. The van der Waals surface area contributed by atoms with Crippen LogP contribution in [0, 0.1) is 5.92 Å². The second-order valence-electron chi connectivity index (χ2n) is 5.51. The second-order valence-corrected chi connectivity index (χ2v) is 6.57. The van der Waals surface area contributed by atoms with Crippen LogP contribution >= 0.6 is 11.3 Å². The average molecular weight is 303 g/mol. The number of hydrogen-bond acceptors (Lipinski definition) is 5. The van der Waals surface area contributed by atoms with E-state index in [9.17, 15) is 4.79 Å². The number of aromatic nitrogens is 2. The molecule has 0 bridgehead atoms. The summed E-state index contributed by atoms with van der Waals surface area (Å²) in [5.74, 6) is 1.14. The zero-order valence-electron chi connectivity index (χ0n) is 12.0. The molecule has 2 heterocycles. The highest BCUT2D eigenvalue weighted by molar-refractivity contribution is 7.15. The number of ether oxygens (including phenoxy) is 1. The molecule has 0 saturated carbocycles. The molecule has 1 aliphatic heterocycles. The Bertz CT molecular complexity index is 629. The van der Waals surface area contributed by atoms with Crippen molar-refractivity contribution in [1.82, 2.24) is 10.2 Å².